The third-order valence-corrected chi connectivity index (χ3v) is 3.01. The second-order valence-corrected chi connectivity index (χ2v) is 4.53. The van der Waals surface area contributed by atoms with E-state index in [1.165, 1.54) is 19.2 Å². The van der Waals surface area contributed by atoms with E-state index in [9.17, 15) is 9.18 Å². The first-order valence-electron chi connectivity index (χ1n) is 5.78. The molecule has 100 valence electrons. The van der Waals surface area contributed by atoms with Crippen LogP contribution in [-0.4, -0.2) is 19.1 Å². The van der Waals surface area contributed by atoms with E-state index in [-0.39, 0.29) is 11.6 Å². The summed E-state index contributed by atoms with van der Waals surface area (Å²) < 4.78 is 18.5. The van der Waals surface area contributed by atoms with E-state index in [0.29, 0.717) is 5.02 Å². The van der Waals surface area contributed by atoms with E-state index < -0.39 is 17.8 Å². The SMILES string of the molecule is CCC(C)NC(C(=O)OC)c1ccc(Cl)cc1F. The minimum atomic E-state index is -0.817. The van der Waals surface area contributed by atoms with Crippen LogP contribution in [0.1, 0.15) is 31.9 Å². The fraction of sp³-hybridized carbons (Fsp3) is 0.462. The highest BCUT2D eigenvalue weighted by atomic mass is 35.5. The van der Waals surface area contributed by atoms with Crippen molar-refractivity contribution in [1.82, 2.24) is 5.32 Å². The highest BCUT2D eigenvalue weighted by Gasteiger charge is 2.25. The van der Waals surface area contributed by atoms with E-state index in [4.69, 9.17) is 16.3 Å². The molecule has 1 N–H and O–H groups in total. The molecular weight excluding hydrogens is 257 g/mol. The molecule has 18 heavy (non-hydrogen) atoms. The summed E-state index contributed by atoms with van der Waals surface area (Å²) in [6, 6.07) is 3.49. The Hall–Kier alpha value is -1.13. The molecule has 1 rings (SSSR count). The molecule has 5 heteroatoms. The van der Waals surface area contributed by atoms with Crippen molar-refractivity contribution in [1.29, 1.82) is 0 Å². The summed E-state index contributed by atoms with van der Waals surface area (Å²) in [4.78, 5) is 11.7. The van der Waals surface area contributed by atoms with E-state index in [2.05, 4.69) is 5.32 Å². The Bertz CT molecular complexity index is 425. The van der Waals surface area contributed by atoms with Gasteiger partial charge in [0, 0.05) is 16.6 Å². The van der Waals surface area contributed by atoms with Gasteiger partial charge in [-0.1, -0.05) is 24.6 Å². The van der Waals surface area contributed by atoms with Crippen LogP contribution in [0.25, 0.3) is 0 Å². The fourth-order valence-electron chi connectivity index (χ4n) is 1.54. The predicted molar refractivity (Wildman–Crippen MR) is 69.1 cm³/mol. The number of nitrogens with one attached hydrogen (secondary N) is 1. The van der Waals surface area contributed by atoms with Crippen LogP contribution in [-0.2, 0) is 9.53 Å². The van der Waals surface area contributed by atoms with Crippen molar-refractivity contribution < 1.29 is 13.9 Å². The molecule has 0 spiro atoms. The van der Waals surface area contributed by atoms with E-state index in [0.717, 1.165) is 6.42 Å². The van der Waals surface area contributed by atoms with Crippen molar-refractivity contribution in [2.24, 2.45) is 0 Å². The lowest BCUT2D eigenvalue weighted by molar-refractivity contribution is -0.143. The Morgan fingerprint density at radius 3 is 2.72 bits per heavy atom. The number of carbonyl (C=O) groups is 1. The topological polar surface area (TPSA) is 38.3 Å². The van der Waals surface area contributed by atoms with Crippen LogP contribution >= 0.6 is 11.6 Å². The molecule has 0 saturated carbocycles. The molecule has 0 aliphatic heterocycles. The second-order valence-electron chi connectivity index (χ2n) is 4.10. The smallest absolute Gasteiger partial charge is 0.327 e. The number of hydrogen-bond acceptors (Lipinski definition) is 3. The number of carbonyl (C=O) groups excluding carboxylic acids is 1. The van der Waals surface area contributed by atoms with Crippen LogP contribution in [0.15, 0.2) is 18.2 Å². The van der Waals surface area contributed by atoms with Crippen molar-refractivity contribution in [3.05, 3.63) is 34.6 Å². The lowest BCUT2D eigenvalue weighted by Gasteiger charge is -2.21. The summed E-state index contributed by atoms with van der Waals surface area (Å²) in [5.41, 5.74) is 0.242. The Morgan fingerprint density at radius 2 is 2.22 bits per heavy atom. The Labute approximate surface area is 111 Å². The number of rotatable bonds is 5. The first-order valence-corrected chi connectivity index (χ1v) is 6.16. The van der Waals surface area contributed by atoms with Crippen LogP contribution < -0.4 is 5.32 Å². The summed E-state index contributed by atoms with van der Waals surface area (Å²) >= 11 is 5.69. The normalized spacial score (nSPS) is 14.1. The van der Waals surface area contributed by atoms with Crippen molar-refractivity contribution in [3.8, 4) is 0 Å². The summed E-state index contributed by atoms with van der Waals surface area (Å²) in [7, 11) is 1.28. The monoisotopic (exact) mass is 273 g/mol. The molecule has 0 saturated heterocycles. The Kier molecular flexibility index (Phi) is 5.56. The zero-order valence-corrected chi connectivity index (χ0v) is 11.4. The van der Waals surface area contributed by atoms with Gasteiger partial charge in [0.15, 0.2) is 0 Å². The molecule has 0 aromatic heterocycles. The molecule has 1 aromatic rings. The van der Waals surface area contributed by atoms with Crippen LogP contribution in [0.5, 0.6) is 0 Å². The molecule has 0 amide bonds. The number of ether oxygens (including phenoxy) is 1. The van der Waals surface area contributed by atoms with Crippen molar-refractivity contribution in [2.45, 2.75) is 32.4 Å². The molecule has 0 heterocycles. The minimum absolute atomic E-state index is 0.0733. The summed E-state index contributed by atoms with van der Waals surface area (Å²) in [6.07, 6.45) is 0.822. The highest BCUT2D eigenvalue weighted by molar-refractivity contribution is 6.30. The van der Waals surface area contributed by atoms with Gasteiger partial charge in [-0.2, -0.15) is 0 Å². The molecule has 0 aliphatic rings. The van der Waals surface area contributed by atoms with E-state index in [1.54, 1.807) is 6.07 Å². The third-order valence-electron chi connectivity index (χ3n) is 2.77. The summed E-state index contributed by atoms with van der Waals surface area (Å²) in [6.45, 7) is 3.90. The molecule has 2 atom stereocenters. The molecule has 1 aromatic carbocycles. The molecule has 0 aliphatic carbocycles. The standard InChI is InChI=1S/C13H17ClFNO2/c1-4-8(2)16-12(13(17)18-3)10-6-5-9(14)7-11(10)15/h5-8,12,16H,4H2,1-3H3. The van der Waals surface area contributed by atoms with E-state index in [1.807, 2.05) is 13.8 Å². The van der Waals surface area contributed by atoms with Gasteiger partial charge in [-0.05, 0) is 25.5 Å². The van der Waals surface area contributed by atoms with Gasteiger partial charge in [-0.15, -0.1) is 0 Å². The predicted octanol–water partition coefficient (Wildman–Crippen LogP) is 3.08. The number of hydrogen-bond donors (Lipinski definition) is 1. The Balaban J connectivity index is 3.05. The maximum atomic E-state index is 13.8. The van der Waals surface area contributed by atoms with E-state index >= 15 is 0 Å². The van der Waals surface area contributed by atoms with Gasteiger partial charge < -0.3 is 4.74 Å². The lowest BCUT2D eigenvalue weighted by Crippen LogP contribution is -2.36. The molecule has 0 fully saturated rings. The van der Waals surface area contributed by atoms with Gasteiger partial charge in [0.05, 0.1) is 7.11 Å². The van der Waals surface area contributed by atoms with Gasteiger partial charge in [-0.25, -0.2) is 9.18 Å². The third kappa shape index (κ3) is 3.68. The maximum absolute atomic E-state index is 13.8. The van der Waals surface area contributed by atoms with Crippen molar-refractivity contribution in [3.63, 3.8) is 0 Å². The minimum Gasteiger partial charge on any atom is -0.468 e. The molecular formula is C13H17ClFNO2. The number of halogens is 2. The number of benzene rings is 1. The molecule has 2 unspecified atom stereocenters. The largest absolute Gasteiger partial charge is 0.468 e. The van der Waals surface area contributed by atoms with Crippen LogP contribution in [0.2, 0.25) is 5.02 Å². The first kappa shape index (κ1) is 14.9. The first-order chi connectivity index (χ1) is 8.49. The van der Waals surface area contributed by atoms with Gasteiger partial charge >= 0.3 is 5.97 Å². The lowest BCUT2D eigenvalue weighted by atomic mass is 10.0. The van der Waals surface area contributed by atoms with Gasteiger partial charge in [0.1, 0.15) is 11.9 Å². The summed E-state index contributed by atoms with van der Waals surface area (Å²) in [5, 5.41) is 3.33. The van der Waals surface area contributed by atoms with Crippen molar-refractivity contribution in [2.75, 3.05) is 7.11 Å². The van der Waals surface area contributed by atoms with Crippen molar-refractivity contribution >= 4 is 17.6 Å². The fourth-order valence-corrected chi connectivity index (χ4v) is 1.70. The second kappa shape index (κ2) is 6.71. The van der Waals surface area contributed by atoms with Gasteiger partial charge in [0.2, 0.25) is 0 Å². The summed E-state index contributed by atoms with van der Waals surface area (Å²) in [5.74, 6) is -1.04. The zero-order chi connectivity index (χ0) is 13.7. The molecule has 0 bridgehead atoms. The van der Waals surface area contributed by atoms with Crippen LogP contribution in [0, 0.1) is 5.82 Å². The molecule has 3 nitrogen and oxygen atoms in total. The number of methoxy groups -OCH3 is 1. The average Bonchev–Trinajstić information content (AvgIpc) is 2.35. The van der Waals surface area contributed by atoms with Crippen LogP contribution in [0.3, 0.4) is 0 Å². The average molecular weight is 274 g/mol. The van der Waals surface area contributed by atoms with Crippen LogP contribution in [0.4, 0.5) is 4.39 Å². The zero-order valence-electron chi connectivity index (χ0n) is 10.7. The van der Waals surface area contributed by atoms with Gasteiger partial charge in [0.25, 0.3) is 0 Å². The maximum Gasteiger partial charge on any atom is 0.327 e. The Morgan fingerprint density at radius 1 is 1.56 bits per heavy atom. The molecule has 0 radical (unpaired) electrons. The highest BCUT2D eigenvalue weighted by Crippen LogP contribution is 2.22. The van der Waals surface area contributed by atoms with Gasteiger partial charge in [-0.3, -0.25) is 5.32 Å². The number of esters is 1. The quantitative estimate of drug-likeness (QED) is 0.838.